The first-order valence-electron chi connectivity index (χ1n) is 11.5. The van der Waals surface area contributed by atoms with E-state index in [-0.39, 0.29) is 28.6 Å². The van der Waals surface area contributed by atoms with E-state index < -0.39 is 21.9 Å². The van der Waals surface area contributed by atoms with Crippen molar-refractivity contribution < 1.29 is 22.7 Å². The van der Waals surface area contributed by atoms with Crippen molar-refractivity contribution in [2.24, 2.45) is 0 Å². The van der Waals surface area contributed by atoms with Crippen molar-refractivity contribution in [2.45, 2.75) is 42.7 Å². The van der Waals surface area contributed by atoms with E-state index in [0.717, 1.165) is 29.4 Å². The number of halogens is 1. The Balaban J connectivity index is 1.52. The molecule has 11 heteroatoms. The number of nitrogens with one attached hydrogen (secondary N) is 2. The van der Waals surface area contributed by atoms with Crippen LogP contribution in [0, 0.1) is 5.82 Å². The Morgan fingerprint density at radius 1 is 1.06 bits per heavy atom. The van der Waals surface area contributed by atoms with Crippen LogP contribution in [0.3, 0.4) is 0 Å². The van der Waals surface area contributed by atoms with Crippen molar-refractivity contribution in [3.05, 3.63) is 72.8 Å². The Morgan fingerprint density at radius 3 is 2.56 bits per heavy atom. The molecule has 2 atom stereocenters. The zero-order valence-corrected chi connectivity index (χ0v) is 20.0. The molecule has 36 heavy (non-hydrogen) atoms. The smallest absolute Gasteiger partial charge is 0.404 e. The van der Waals surface area contributed by atoms with Crippen molar-refractivity contribution in [3.63, 3.8) is 0 Å². The van der Waals surface area contributed by atoms with Crippen molar-refractivity contribution in [3.8, 4) is 11.3 Å². The minimum Gasteiger partial charge on any atom is -0.465 e. The van der Waals surface area contributed by atoms with Crippen LogP contribution in [-0.2, 0) is 10.0 Å². The Hall–Kier alpha value is -3.99. The molecule has 0 aliphatic heterocycles. The highest BCUT2D eigenvalue weighted by Crippen LogP contribution is 2.34. The van der Waals surface area contributed by atoms with Gasteiger partial charge in [0.2, 0.25) is 5.95 Å². The molecule has 1 aliphatic rings. The van der Waals surface area contributed by atoms with Gasteiger partial charge in [-0.25, -0.2) is 31.5 Å². The molecule has 4 aromatic rings. The number of anilines is 1. The molecule has 186 valence electrons. The number of fused-ring (bicyclic) bond motifs is 1. The number of benzene rings is 2. The molecule has 5 rings (SSSR count). The molecule has 1 fully saturated rings. The topological polar surface area (TPSA) is 126 Å². The van der Waals surface area contributed by atoms with Crippen molar-refractivity contribution in [2.75, 3.05) is 5.32 Å². The zero-order chi connectivity index (χ0) is 25.3. The molecular formula is C25H24FN5O4S. The van der Waals surface area contributed by atoms with E-state index in [1.807, 2.05) is 0 Å². The van der Waals surface area contributed by atoms with Gasteiger partial charge in [0, 0.05) is 29.2 Å². The number of carboxylic acid groups (broad SMARTS) is 1. The first-order valence-corrected chi connectivity index (χ1v) is 13.0. The van der Waals surface area contributed by atoms with Crippen LogP contribution >= 0.6 is 0 Å². The van der Waals surface area contributed by atoms with Crippen LogP contribution in [0.15, 0.2) is 71.9 Å². The van der Waals surface area contributed by atoms with E-state index in [0.29, 0.717) is 22.9 Å². The van der Waals surface area contributed by atoms with Crippen LogP contribution < -0.4 is 10.6 Å². The first kappa shape index (κ1) is 23.7. The van der Waals surface area contributed by atoms with Gasteiger partial charge in [0.05, 0.1) is 16.6 Å². The SMILES string of the molecule is O=C(O)N[C@H]1CCC[C@@H](Nc2ncc(F)c(-c3cn(S(=O)(=O)c4ccccc4)c4ccccc34)n2)C1. The van der Waals surface area contributed by atoms with Gasteiger partial charge < -0.3 is 15.7 Å². The summed E-state index contributed by atoms with van der Waals surface area (Å²) in [6.07, 6.45) is 4.28. The maximum atomic E-state index is 15.0. The number of aromatic nitrogens is 3. The van der Waals surface area contributed by atoms with Crippen molar-refractivity contribution in [1.82, 2.24) is 19.3 Å². The number of hydrogen-bond acceptors (Lipinski definition) is 6. The van der Waals surface area contributed by atoms with Crippen LogP contribution in [0.1, 0.15) is 25.7 Å². The lowest BCUT2D eigenvalue weighted by molar-refractivity contribution is 0.185. The normalized spacial score (nSPS) is 18.1. The van der Waals surface area contributed by atoms with E-state index in [2.05, 4.69) is 20.6 Å². The summed E-state index contributed by atoms with van der Waals surface area (Å²) in [5.74, 6) is -0.496. The molecule has 2 aromatic heterocycles. The fraction of sp³-hybridized carbons (Fsp3) is 0.240. The van der Waals surface area contributed by atoms with Crippen LogP contribution in [0.5, 0.6) is 0 Å². The molecule has 0 unspecified atom stereocenters. The Morgan fingerprint density at radius 2 is 1.78 bits per heavy atom. The van der Waals surface area contributed by atoms with Crippen LogP contribution in [0.2, 0.25) is 0 Å². The summed E-state index contributed by atoms with van der Waals surface area (Å²) in [7, 11) is -3.93. The lowest BCUT2D eigenvalue weighted by Gasteiger charge is -2.29. The lowest BCUT2D eigenvalue weighted by Crippen LogP contribution is -2.41. The van der Waals surface area contributed by atoms with Crippen LogP contribution in [-0.4, -0.2) is 45.6 Å². The van der Waals surface area contributed by atoms with Crippen molar-refractivity contribution in [1.29, 1.82) is 0 Å². The summed E-state index contributed by atoms with van der Waals surface area (Å²) in [5, 5.41) is 15.2. The fourth-order valence-corrected chi connectivity index (χ4v) is 6.07. The van der Waals surface area contributed by atoms with Crippen LogP contribution in [0.25, 0.3) is 22.2 Å². The van der Waals surface area contributed by atoms with Gasteiger partial charge in [-0.05, 0) is 43.9 Å². The molecule has 1 aliphatic carbocycles. The third-order valence-electron chi connectivity index (χ3n) is 6.31. The number of hydrogen-bond donors (Lipinski definition) is 3. The Bertz CT molecular complexity index is 1520. The highest BCUT2D eigenvalue weighted by atomic mass is 32.2. The molecule has 3 N–H and O–H groups in total. The largest absolute Gasteiger partial charge is 0.465 e. The standard InChI is InChI=1S/C25H24FN5O4S/c26-21-14-27-24(28-16-7-6-8-17(13-16)29-25(32)33)30-23(21)20-15-31(22-12-5-4-11-19(20)22)36(34,35)18-9-2-1-3-10-18/h1-5,9-12,14-17,29H,6-8,13H2,(H,32,33)(H,27,28,30)/t16-,17+/m1/s1. The average Bonchev–Trinajstić information content (AvgIpc) is 3.26. The van der Waals surface area contributed by atoms with E-state index in [9.17, 15) is 13.2 Å². The lowest BCUT2D eigenvalue weighted by atomic mass is 9.91. The first-order chi connectivity index (χ1) is 17.3. The highest BCUT2D eigenvalue weighted by Gasteiger charge is 2.26. The molecule has 1 saturated carbocycles. The van der Waals surface area contributed by atoms with Crippen LogP contribution in [0.4, 0.5) is 15.1 Å². The molecule has 9 nitrogen and oxygen atoms in total. The molecule has 0 bridgehead atoms. The summed E-state index contributed by atoms with van der Waals surface area (Å²) in [4.78, 5) is 19.6. The van der Waals surface area contributed by atoms with Gasteiger partial charge in [0.25, 0.3) is 10.0 Å². The average molecular weight is 510 g/mol. The molecule has 0 saturated heterocycles. The van der Waals surface area contributed by atoms with E-state index >= 15 is 4.39 Å². The predicted octanol–water partition coefficient (Wildman–Crippen LogP) is 4.47. The minimum absolute atomic E-state index is 0.0262. The highest BCUT2D eigenvalue weighted by molar-refractivity contribution is 7.90. The summed E-state index contributed by atoms with van der Waals surface area (Å²) in [5.41, 5.74) is 0.697. The van der Waals surface area contributed by atoms with Gasteiger partial charge in [-0.1, -0.05) is 36.4 Å². The molecule has 1 amide bonds. The quantitative estimate of drug-likeness (QED) is 0.350. The molecule has 2 heterocycles. The van der Waals surface area contributed by atoms with Gasteiger partial charge in [0.15, 0.2) is 5.82 Å². The number of rotatable bonds is 6. The molecule has 2 aromatic carbocycles. The van der Waals surface area contributed by atoms with Gasteiger partial charge in [0.1, 0.15) is 5.69 Å². The second-order valence-corrected chi connectivity index (χ2v) is 10.5. The number of amides is 1. The number of para-hydroxylation sites is 1. The number of nitrogens with zero attached hydrogens (tertiary/aromatic N) is 3. The minimum atomic E-state index is -3.93. The second-order valence-electron chi connectivity index (χ2n) is 8.72. The third-order valence-corrected chi connectivity index (χ3v) is 8.00. The summed E-state index contributed by atoms with van der Waals surface area (Å²) < 4.78 is 42.9. The van der Waals surface area contributed by atoms with Gasteiger partial charge in [-0.3, -0.25) is 0 Å². The summed E-state index contributed by atoms with van der Waals surface area (Å²) >= 11 is 0. The van der Waals surface area contributed by atoms with Crippen molar-refractivity contribution >= 4 is 33.0 Å². The zero-order valence-electron chi connectivity index (χ0n) is 19.1. The maximum absolute atomic E-state index is 15.0. The summed E-state index contributed by atoms with van der Waals surface area (Å²) in [6.45, 7) is 0. The maximum Gasteiger partial charge on any atom is 0.404 e. The van der Waals surface area contributed by atoms with Gasteiger partial charge in [-0.2, -0.15) is 0 Å². The van der Waals surface area contributed by atoms with Gasteiger partial charge >= 0.3 is 6.09 Å². The Labute approximate surface area is 207 Å². The Kier molecular flexibility index (Phi) is 6.31. The molecule has 0 radical (unpaired) electrons. The van der Waals surface area contributed by atoms with E-state index in [4.69, 9.17) is 5.11 Å². The van der Waals surface area contributed by atoms with E-state index in [1.54, 1.807) is 42.5 Å². The monoisotopic (exact) mass is 509 g/mol. The fourth-order valence-electron chi connectivity index (χ4n) is 4.68. The predicted molar refractivity (Wildman–Crippen MR) is 133 cm³/mol. The number of carbonyl (C=O) groups is 1. The van der Waals surface area contributed by atoms with E-state index in [1.165, 1.54) is 18.3 Å². The second kappa shape index (κ2) is 9.57. The summed E-state index contributed by atoms with van der Waals surface area (Å²) in [6, 6.07) is 14.6. The van der Waals surface area contributed by atoms with Gasteiger partial charge in [-0.15, -0.1) is 0 Å². The molecule has 0 spiro atoms. The third kappa shape index (κ3) is 4.61. The molecular weight excluding hydrogens is 485 g/mol.